The highest BCUT2D eigenvalue weighted by Gasteiger charge is 2.21. The fourth-order valence-corrected chi connectivity index (χ4v) is 4.39. The van der Waals surface area contributed by atoms with Crippen LogP contribution in [0.1, 0.15) is 35.2 Å². The smallest absolute Gasteiger partial charge is 0.255 e. The average molecular weight is 399 g/mol. The van der Waals surface area contributed by atoms with Gasteiger partial charge < -0.3 is 15.1 Å². The average Bonchev–Trinajstić information content (AvgIpc) is 3.24. The van der Waals surface area contributed by atoms with Crippen molar-refractivity contribution in [2.45, 2.75) is 25.7 Å². The van der Waals surface area contributed by atoms with E-state index >= 15 is 0 Å². The largest absolute Gasteiger partial charge is 0.372 e. The number of pyridine rings is 1. The zero-order valence-electron chi connectivity index (χ0n) is 17.1. The molecule has 5 heteroatoms. The normalized spacial score (nSPS) is 15.7. The van der Waals surface area contributed by atoms with Gasteiger partial charge in [0.15, 0.2) is 0 Å². The molecule has 2 aromatic carbocycles. The zero-order valence-corrected chi connectivity index (χ0v) is 17.1. The summed E-state index contributed by atoms with van der Waals surface area (Å²) in [5.41, 5.74) is 5.15. The number of piperidine rings is 1. The van der Waals surface area contributed by atoms with Crippen LogP contribution < -0.4 is 15.1 Å². The molecule has 0 radical (unpaired) electrons. The van der Waals surface area contributed by atoms with Crippen molar-refractivity contribution in [3.05, 3.63) is 78.0 Å². The molecule has 0 saturated carbocycles. The number of nitrogens with zero attached hydrogens (tertiary/aromatic N) is 3. The molecule has 0 spiro atoms. The lowest BCUT2D eigenvalue weighted by Crippen LogP contribution is -2.29. The molecular formula is C25H26N4O. The summed E-state index contributed by atoms with van der Waals surface area (Å²) in [6, 6.07) is 20.2. The Kier molecular flexibility index (Phi) is 5.10. The number of anilines is 4. The third-order valence-electron chi connectivity index (χ3n) is 6.02. The Hall–Kier alpha value is -3.34. The molecular weight excluding hydrogens is 372 g/mol. The first kappa shape index (κ1) is 18.7. The molecule has 1 N–H and O–H groups in total. The van der Waals surface area contributed by atoms with Crippen LogP contribution in [0.25, 0.3) is 0 Å². The maximum atomic E-state index is 12.8. The number of nitrogens with one attached hydrogen (secondary N) is 1. The molecule has 1 aromatic heterocycles. The molecule has 0 bridgehead atoms. The lowest BCUT2D eigenvalue weighted by Gasteiger charge is -2.28. The Morgan fingerprint density at radius 3 is 2.53 bits per heavy atom. The summed E-state index contributed by atoms with van der Waals surface area (Å²) in [5.74, 6) is 0.699. The van der Waals surface area contributed by atoms with E-state index in [-0.39, 0.29) is 5.91 Å². The van der Waals surface area contributed by atoms with Gasteiger partial charge in [0.25, 0.3) is 5.91 Å². The number of carbonyl (C=O) groups excluding carboxylic acids is 1. The van der Waals surface area contributed by atoms with Crippen LogP contribution in [-0.2, 0) is 6.42 Å². The van der Waals surface area contributed by atoms with E-state index in [1.807, 2.05) is 24.3 Å². The molecule has 1 fully saturated rings. The molecule has 30 heavy (non-hydrogen) atoms. The van der Waals surface area contributed by atoms with Crippen LogP contribution in [-0.4, -0.2) is 30.5 Å². The first-order chi connectivity index (χ1) is 14.8. The van der Waals surface area contributed by atoms with E-state index in [1.54, 1.807) is 12.3 Å². The second kappa shape index (κ2) is 8.19. The molecule has 1 amide bonds. The topological polar surface area (TPSA) is 48.5 Å². The first-order valence-electron chi connectivity index (χ1n) is 10.8. The summed E-state index contributed by atoms with van der Waals surface area (Å²) < 4.78 is 0. The second-order valence-electron chi connectivity index (χ2n) is 7.98. The molecule has 5 rings (SSSR count). The fourth-order valence-electron chi connectivity index (χ4n) is 4.39. The SMILES string of the molecule is O=C(Nc1ccc(N2CCCCC2)cc1)c1ccnc(N2CCc3ccccc32)c1. The Morgan fingerprint density at radius 2 is 1.70 bits per heavy atom. The van der Waals surface area contributed by atoms with Crippen LogP contribution in [0.5, 0.6) is 0 Å². The van der Waals surface area contributed by atoms with Gasteiger partial charge in [-0.25, -0.2) is 4.98 Å². The van der Waals surface area contributed by atoms with E-state index in [2.05, 4.69) is 50.4 Å². The third-order valence-corrected chi connectivity index (χ3v) is 6.02. The molecule has 152 valence electrons. The van der Waals surface area contributed by atoms with Crippen molar-refractivity contribution in [1.82, 2.24) is 4.98 Å². The van der Waals surface area contributed by atoms with E-state index in [9.17, 15) is 4.79 Å². The monoisotopic (exact) mass is 398 g/mol. The van der Waals surface area contributed by atoms with Crippen molar-refractivity contribution < 1.29 is 4.79 Å². The minimum atomic E-state index is -0.114. The summed E-state index contributed by atoms with van der Waals surface area (Å²) in [4.78, 5) is 22.0. The highest BCUT2D eigenvalue weighted by atomic mass is 16.1. The number of aromatic nitrogens is 1. The van der Waals surface area contributed by atoms with Crippen LogP contribution in [0, 0.1) is 0 Å². The van der Waals surface area contributed by atoms with Crippen LogP contribution in [0.4, 0.5) is 22.9 Å². The summed E-state index contributed by atoms with van der Waals surface area (Å²) in [7, 11) is 0. The Morgan fingerprint density at radius 1 is 0.900 bits per heavy atom. The quantitative estimate of drug-likeness (QED) is 0.670. The zero-order chi connectivity index (χ0) is 20.3. The third kappa shape index (κ3) is 3.75. The van der Waals surface area contributed by atoms with Gasteiger partial charge in [0.1, 0.15) is 5.82 Å². The molecule has 3 aromatic rings. The van der Waals surface area contributed by atoms with E-state index < -0.39 is 0 Å². The Labute approximate surface area is 177 Å². The van der Waals surface area contributed by atoms with Gasteiger partial charge in [0.2, 0.25) is 0 Å². The predicted octanol–water partition coefficient (Wildman–Crippen LogP) is 5.02. The lowest BCUT2D eigenvalue weighted by molar-refractivity contribution is 0.102. The van der Waals surface area contributed by atoms with Gasteiger partial charge in [-0.1, -0.05) is 18.2 Å². The minimum Gasteiger partial charge on any atom is -0.372 e. The van der Waals surface area contributed by atoms with Crippen molar-refractivity contribution in [2.24, 2.45) is 0 Å². The van der Waals surface area contributed by atoms with Gasteiger partial charge in [-0.2, -0.15) is 0 Å². The standard InChI is InChI=1S/C25H26N4O/c30-25(27-21-8-10-22(11-9-21)28-15-4-1-5-16-28)20-12-14-26-24(18-20)29-17-13-19-6-2-3-7-23(19)29/h2-3,6-12,14,18H,1,4-5,13,15-17H2,(H,27,30). The molecule has 2 aliphatic rings. The summed E-state index contributed by atoms with van der Waals surface area (Å²) in [6.07, 6.45) is 6.54. The molecule has 1 saturated heterocycles. The van der Waals surface area contributed by atoms with Gasteiger partial charge in [0, 0.05) is 48.5 Å². The molecule has 0 atom stereocenters. The van der Waals surface area contributed by atoms with Crippen molar-refractivity contribution in [3.63, 3.8) is 0 Å². The molecule has 3 heterocycles. The maximum Gasteiger partial charge on any atom is 0.255 e. The fraction of sp³-hybridized carbons (Fsp3) is 0.280. The number of hydrogen-bond donors (Lipinski definition) is 1. The molecule has 0 unspecified atom stereocenters. The van der Waals surface area contributed by atoms with Crippen molar-refractivity contribution in [1.29, 1.82) is 0 Å². The summed E-state index contributed by atoms with van der Waals surface area (Å²) >= 11 is 0. The number of benzene rings is 2. The summed E-state index contributed by atoms with van der Waals surface area (Å²) in [6.45, 7) is 3.12. The predicted molar refractivity (Wildman–Crippen MR) is 122 cm³/mol. The first-order valence-corrected chi connectivity index (χ1v) is 10.8. The van der Waals surface area contributed by atoms with Crippen LogP contribution >= 0.6 is 0 Å². The van der Waals surface area contributed by atoms with Gasteiger partial charge in [0.05, 0.1) is 0 Å². The molecule has 0 aliphatic carbocycles. The molecule has 5 nitrogen and oxygen atoms in total. The number of carbonyl (C=O) groups is 1. The van der Waals surface area contributed by atoms with E-state index in [1.165, 1.54) is 36.2 Å². The van der Waals surface area contributed by atoms with Gasteiger partial charge in [-0.15, -0.1) is 0 Å². The highest BCUT2D eigenvalue weighted by Crippen LogP contribution is 2.33. The van der Waals surface area contributed by atoms with Gasteiger partial charge in [-0.05, 0) is 73.7 Å². The lowest BCUT2D eigenvalue weighted by atomic mass is 10.1. The van der Waals surface area contributed by atoms with Crippen LogP contribution in [0.2, 0.25) is 0 Å². The number of rotatable bonds is 4. The number of fused-ring (bicyclic) bond motifs is 1. The van der Waals surface area contributed by atoms with E-state index in [0.717, 1.165) is 37.6 Å². The Balaban J connectivity index is 1.29. The van der Waals surface area contributed by atoms with E-state index in [4.69, 9.17) is 0 Å². The van der Waals surface area contributed by atoms with E-state index in [0.29, 0.717) is 5.56 Å². The highest BCUT2D eigenvalue weighted by molar-refractivity contribution is 6.04. The Bertz CT molecular complexity index is 1040. The van der Waals surface area contributed by atoms with Gasteiger partial charge >= 0.3 is 0 Å². The van der Waals surface area contributed by atoms with Crippen molar-refractivity contribution in [3.8, 4) is 0 Å². The second-order valence-corrected chi connectivity index (χ2v) is 7.98. The maximum absolute atomic E-state index is 12.8. The van der Waals surface area contributed by atoms with Crippen molar-refractivity contribution in [2.75, 3.05) is 34.8 Å². The minimum absolute atomic E-state index is 0.114. The van der Waals surface area contributed by atoms with Crippen LogP contribution in [0.3, 0.4) is 0 Å². The number of para-hydroxylation sites is 1. The van der Waals surface area contributed by atoms with Gasteiger partial charge in [-0.3, -0.25) is 4.79 Å². The molecule has 2 aliphatic heterocycles. The van der Waals surface area contributed by atoms with Crippen LogP contribution in [0.15, 0.2) is 66.9 Å². The number of amides is 1. The summed E-state index contributed by atoms with van der Waals surface area (Å²) in [5, 5.41) is 3.02. The van der Waals surface area contributed by atoms with Crippen molar-refractivity contribution >= 4 is 28.8 Å². The number of hydrogen-bond acceptors (Lipinski definition) is 4.